The summed E-state index contributed by atoms with van der Waals surface area (Å²) in [5, 5.41) is 12.1. The van der Waals surface area contributed by atoms with Crippen LogP contribution in [0.4, 0.5) is 17.6 Å². The molecule has 0 amide bonds. The number of benzene rings is 1. The average Bonchev–Trinajstić information content (AvgIpc) is 3.09. The highest BCUT2D eigenvalue weighted by molar-refractivity contribution is 5.33. The van der Waals surface area contributed by atoms with Crippen LogP contribution in [0.1, 0.15) is 30.0 Å². The molecule has 18 heavy (non-hydrogen) atoms. The van der Waals surface area contributed by atoms with Crippen molar-refractivity contribution in [2.45, 2.75) is 31.1 Å². The monoisotopic (exact) mass is 263 g/mol. The zero-order valence-electron chi connectivity index (χ0n) is 9.47. The van der Waals surface area contributed by atoms with Crippen molar-refractivity contribution in [2.24, 2.45) is 0 Å². The van der Waals surface area contributed by atoms with E-state index in [-0.39, 0.29) is 11.6 Å². The highest BCUT2D eigenvalue weighted by Gasteiger charge is 2.36. The number of nitrogens with one attached hydrogen (secondary N) is 1. The minimum Gasteiger partial charge on any atom is -0.394 e. The first-order valence-electron chi connectivity index (χ1n) is 5.65. The van der Waals surface area contributed by atoms with Crippen LogP contribution in [0.5, 0.6) is 0 Å². The average molecular weight is 263 g/mol. The third kappa shape index (κ3) is 3.00. The molecule has 0 spiro atoms. The van der Waals surface area contributed by atoms with E-state index in [4.69, 9.17) is 0 Å². The maximum Gasteiger partial charge on any atom is 0.416 e. The predicted octanol–water partition coefficient (Wildman–Crippen LogP) is 2.63. The van der Waals surface area contributed by atoms with Gasteiger partial charge in [0.25, 0.3) is 0 Å². The smallest absolute Gasteiger partial charge is 0.394 e. The first-order valence-corrected chi connectivity index (χ1v) is 5.65. The van der Waals surface area contributed by atoms with E-state index in [2.05, 4.69) is 5.32 Å². The normalized spacial score (nSPS) is 17.8. The van der Waals surface area contributed by atoms with E-state index >= 15 is 0 Å². The molecule has 100 valence electrons. The van der Waals surface area contributed by atoms with Gasteiger partial charge in [-0.05, 0) is 30.5 Å². The molecule has 0 bridgehead atoms. The van der Waals surface area contributed by atoms with E-state index in [0.717, 1.165) is 25.0 Å². The third-order valence-corrected chi connectivity index (χ3v) is 2.89. The van der Waals surface area contributed by atoms with Crippen molar-refractivity contribution in [1.29, 1.82) is 0 Å². The molecule has 0 saturated heterocycles. The Morgan fingerprint density at radius 1 is 1.33 bits per heavy atom. The molecule has 0 aliphatic heterocycles. The molecule has 0 heterocycles. The quantitative estimate of drug-likeness (QED) is 0.818. The van der Waals surface area contributed by atoms with Crippen LogP contribution in [0.2, 0.25) is 0 Å². The van der Waals surface area contributed by atoms with Gasteiger partial charge in [0.15, 0.2) is 0 Å². The molecule has 1 unspecified atom stereocenters. The predicted molar refractivity (Wildman–Crippen MR) is 57.4 cm³/mol. The fourth-order valence-electron chi connectivity index (χ4n) is 1.85. The molecular weight excluding hydrogens is 250 g/mol. The lowest BCUT2D eigenvalue weighted by Crippen LogP contribution is -2.28. The molecule has 1 aromatic carbocycles. The fourth-order valence-corrected chi connectivity index (χ4v) is 1.85. The van der Waals surface area contributed by atoms with Crippen molar-refractivity contribution in [2.75, 3.05) is 6.61 Å². The zero-order chi connectivity index (χ0) is 13.3. The summed E-state index contributed by atoms with van der Waals surface area (Å²) < 4.78 is 51.3. The lowest BCUT2D eigenvalue weighted by Gasteiger charge is -2.21. The van der Waals surface area contributed by atoms with Gasteiger partial charge >= 0.3 is 6.18 Å². The molecule has 2 N–H and O–H groups in total. The summed E-state index contributed by atoms with van der Waals surface area (Å²) >= 11 is 0. The summed E-state index contributed by atoms with van der Waals surface area (Å²) in [7, 11) is 0. The van der Waals surface area contributed by atoms with Gasteiger partial charge in [0.1, 0.15) is 5.82 Å². The number of aliphatic hydroxyl groups excluding tert-OH is 1. The van der Waals surface area contributed by atoms with Crippen LogP contribution in [0.3, 0.4) is 0 Å². The zero-order valence-corrected chi connectivity index (χ0v) is 9.47. The van der Waals surface area contributed by atoms with E-state index in [9.17, 15) is 22.7 Å². The van der Waals surface area contributed by atoms with Gasteiger partial charge < -0.3 is 10.4 Å². The first-order chi connectivity index (χ1) is 8.41. The summed E-state index contributed by atoms with van der Waals surface area (Å²) in [5.74, 6) is -0.936. The largest absolute Gasteiger partial charge is 0.416 e. The lowest BCUT2D eigenvalue weighted by atomic mass is 10.00. The van der Waals surface area contributed by atoms with Crippen molar-refractivity contribution < 1.29 is 22.7 Å². The van der Waals surface area contributed by atoms with Crippen LogP contribution in [0.25, 0.3) is 0 Å². The van der Waals surface area contributed by atoms with E-state index in [0.29, 0.717) is 6.07 Å². The standard InChI is InChI=1S/C12H13F4NO/c13-7-1-4-9(10(5-7)12(14,15)16)11(6-18)17-8-2-3-8/h1,4-5,8,11,17-18H,2-3,6H2. The summed E-state index contributed by atoms with van der Waals surface area (Å²) in [6.07, 6.45) is -2.85. The van der Waals surface area contributed by atoms with E-state index in [1.54, 1.807) is 0 Å². The Balaban J connectivity index is 2.34. The summed E-state index contributed by atoms with van der Waals surface area (Å²) in [4.78, 5) is 0. The molecule has 1 aromatic rings. The van der Waals surface area contributed by atoms with Gasteiger partial charge in [-0.1, -0.05) is 6.07 Å². The molecule has 6 heteroatoms. The second-order valence-corrected chi connectivity index (χ2v) is 4.41. The van der Waals surface area contributed by atoms with Crippen molar-refractivity contribution in [1.82, 2.24) is 5.32 Å². The van der Waals surface area contributed by atoms with Crippen LogP contribution in [-0.4, -0.2) is 17.8 Å². The van der Waals surface area contributed by atoms with Crippen molar-refractivity contribution in [3.8, 4) is 0 Å². The summed E-state index contributed by atoms with van der Waals surface area (Å²) in [5.41, 5.74) is -1.15. The van der Waals surface area contributed by atoms with Crippen LogP contribution in [-0.2, 0) is 6.18 Å². The highest BCUT2D eigenvalue weighted by Crippen LogP contribution is 2.36. The molecule has 1 atom stereocenters. The maximum absolute atomic E-state index is 12.9. The Morgan fingerprint density at radius 3 is 2.50 bits per heavy atom. The van der Waals surface area contributed by atoms with Gasteiger partial charge in [-0.2, -0.15) is 13.2 Å². The maximum atomic E-state index is 12.9. The number of hydrogen-bond acceptors (Lipinski definition) is 2. The molecule has 1 aliphatic rings. The topological polar surface area (TPSA) is 32.3 Å². The second-order valence-electron chi connectivity index (χ2n) is 4.41. The van der Waals surface area contributed by atoms with Gasteiger partial charge in [-0.25, -0.2) is 4.39 Å². The minimum absolute atomic E-state index is 0.113. The number of aliphatic hydroxyl groups is 1. The Morgan fingerprint density at radius 2 is 2.00 bits per heavy atom. The number of alkyl halides is 3. The Labute approximate surface area is 102 Å². The molecule has 0 radical (unpaired) electrons. The van der Waals surface area contributed by atoms with Crippen molar-refractivity contribution in [3.05, 3.63) is 35.1 Å². The molecule has 2 rings (SSSR count). The van der Waals surface area contributed by atoms with Gasteiger partial charge in [-0.15, -0.1) is 0 Å². The SMILES string of the molecule is OCC(NC1CC1)c1ccc(F)cc1C(F)(F)F. The van der Waals surface area contributed by atoms with Gasteiger partial charge in [0, 0.05) is 6.04 Å². The van der Waals surface area contributed by atoms with Crippen LogP contribution >= 0.6 is 0 Å². The van der Waals surface area contributed by atoms with E-state index < -0.39 is 30.2 Å². The summed E-state index contributed by atoms with van der Waals surface area (Å²) in [6, 6.07) is 1.85. The first kappa shape index (κ1) is 13.3. The molecule has 0 aromatic heterocycles. The fraction of sp³-hybridized carbons (Fsp3) is 0.500. The van der Waals surface area contributed by atoms with Crippen molar-refractivity contribution >= 4 is 0 Å². The number of halogens is 4. The second kappa shape index (κ2) is 4.85. The Bertz CT molecular complexity index is 429. The minimum atomic E-state index is -4.63. The summed E-state index contributed by atoms with van der Waals surface area (Å²) in [6.45, 7) is -0.453. The molecule has 1 aliphatic carbocycles. The molecule has 1 fully saturated rings. The molecule has 2 nitrogen and oxygen atoms in total. The Hall–Kier alpha value is -1.14. The van der Waals surface area contributed by atoms with Crippen LogP contribution in [0.15, 0.2) is 18.2 Å². The number of hydrogen-bond donors (Lipinski definition) is 2. The van der Waals surface area contributed by atoms with E-state index in [1.165, 1.54) is 0 Å². The van der Waals surface area contributed by atoms with Gasteiger partial charge in [0.05, 0.1) is 18.2 Å². The van der Waals surface area contributed by atoms with Gasteiger partial charge in [0.2, 0.25) is 0 Å². The van der Waals surface area contributed by atoms with Gasteiger partial charge in [-0.3, -0.25) is 0 Å². The van der Waals surface area contributed by atoms with Crippen LogP contribution < -0.4 is 5.32 Å². The highest BCUT2D eigenvalue weighted by atomic mass is 19.4. The van der Waals surface area contributed by atoms with Crippen LogP contribution in [0, 0.1) is 5.82 Å². The lowest BCUT2D eigenvalue weighted by molar-refractivity contribution is -0.138. The third-order valence-electron chi connectivity index (χ3n) is 2.89. The van der Waals surface area contributed by atoms with E-state index in [1.807, 2.05) is 0 Å². The Kier molecular flexibility index (Phi) is 3.59. The molecular formula is C12H13F4NO. The number of rotatable bonds is 4. The molecule has 1 saturated carbocycles. The van der Waals surface area contributed by atoms with Crippen molar-refractivity contribution in [3.63, 3.8) is 0 Å².